The Balaban J connectivity index is 1.82. The molecule has 0 aliphatic carbocycles. The standard InChI is InChI=1S/C20H19BrN4O2S/c1-3-11-25-19(26)18(22-16-6-4-5-15(21)12-16)23-24-20(25)28-13-14-7-9-17(27-2)10-8-14/h3-10,12H,1,11,13H2,2H3,(H,22,23). The molecule has 1 N–H and O–H groups in total. The Morgan fingerprint density at radius 3 is 2.71 bits per heavy atom. The SMILES string of the molecule is C=CCn1c(SCc2ccc(OC)cc2)nnc(Nc2cccc(Br)c2)c1=O. The molecule has 0 atom stereocenters. The van der Waals surface area contributed by atoms with E-state index in [0.717, 1.165) is 21.5 Å². The maximum absolute atomic E-state index is 12.9. The van der Waals surface area contributed by atoms with E-state index >= 15 is 0 Å². The Labute approximate surface area is 175 Å². The lowest BCUT2D eigenvalue weighted by atomic mass is 10.2. The zero-order chi connectivity index (χ0) is 19.9. The second-order valence-corrected chi connectivity index (χ2v) is 7.67. The van der Waals surface area contributed by atoms with Crippen molar-refractivity contribution in [1.82, 2.24) is 14.8 Å². The molecule has 3 aromatic rings. The number of anilines is 2. The second kappa shape index (κ2) is 9.57. The zero-order valence-electron chi connectivity index (χ0n) is 15.3. The molecular weight excluding hydrogens is 440 g/mol. The molecular formula is C20H19BrN4O2S. The molecule has 0 saturated heterocycles. The molecule has 0 bridgehead atoms. The topological polar surface area (TPSA) is 69.0 Å². The molecule has 0 radical (unpaired) electrons. The number of methoxy groups -OCH3 is 1. The van der Waals surface area contributed by atoms with E-state index in [0.29, 0.717) is 17.5 Å². The first-order chi connectivity index (χ1) is 13.6. The number of nitrogens with one attached hydrogen (secondary N) is 1. The van der Waals surface area contributed by atoms with Gasteiger partial charge < -0.3 is 10.1 Å². The van der Waals surface area contributed by atoms with Crippen molar-refractivity contribution in [3.63, 3.8) is 0 Å². The van der Waals surface area contributed by atoms with Crippen LogP contribution in [0.3, 0.4) is 0 Å². The van der Waals surface area contributed by atoms with E-state index in [-0.39, 0.29) is 11.4 Å². The van der Waals surface area contributed by atoms with E-state index in [9.17, 15) is 4.79 Å². The van der Waals surface area contributed by atoms with Crippen LogP contribution in [0, 0.1) is 0 Å². The molecule has 0 fully saturated rings. The van der Waals surface area contributed by atoms with Crippen LogP contribution in [0.4, 0.5) is 11.5 Å². The van der Waals surface area contributed by atoms with Crippen LogP contribution in [0.1, 0.15) is 5.56 Å². The average Bonchev–Trinajstić information content (AvgIpc) is 2.71. The Morgan fingerprint density at radius 2 is 2.04 bits per heavy atom. The van der Waals surface area contributed by atoms with Crippen molar-refractivity contribution >= 4 is 39.2 Å². The fraction of sp³-hybridized carbons (Fsp3) is 0.150. The maximum atomic E-state index is 12.9. The highest BCUT2D eigenvalue weighted by Gasteiger charge is 2.12. The van der Waals surface area contributed by atoms with Crippen LogP contribution in [-0.4, -0.2) is 21.9 Å². The summed E-state index contributed by atoms with van der Waals surface area (Å²) in [5.74, 6) is 1.64. The number of allylic oxidation sites excluding steroid dienone is 1. The van der Waals surface area contributed by atoms with Crippen LogP contribution in [0.5, 0.6) is 5.75 Å². The Kier molecular flexibility index (Phi) is 6.89. The third-order valence-electron chi connectivity index (χ3n) is 3.84. The normalized spacial score (nSPS) is 10.5. The Hall–Kier alpha value is -2.58. The summed E-state index contributed by atoms with van der Waals surface area (Å²) in [6.07, 6.45) is 1.67. The number of hydrogen-bond donors (Lipinski definition) is 1. The van der Waals surface area contributed by atoms with Gasteiger partial charge in [0.1, 0.15) is 5.75 Å². The molecule has 0 unspecified atom stereocenters. The van der Waals surface area contributed by atoms with Crippen molar-refractivity contribution < 1.29 is 4.74 Å². The number of aromatic nitrogens is 3. The largest absolute Gasteiger partial charge is 0.497 e. The maximum Gasteiger partial charge on any atom is 0.297 e. The van der Waals surface area contributed by atoms with Crippen molar-refractivity contribution in [2.75, 3.05) is 12.4 Å². The average molecular weight is 459 g/mol. The summed E-state index contributed by atoms with van der Waals surface area (Å²) in [6.45, 7) is 4.10. The molecule has 0 saturated carbocycles. The van der Waals surface area contributed by atoms with Crippen molar-refractivity contribution in [2.45, 2.75) is 17.5 Å². The van der Waals surface area contributed by atoms with Crippen LogP contribution >= 0.6 is 27.7 Å². The summed E-state index contributed by atoms with van der Waals surface area (Å²) in [6, 6.07) is 15.3. The van der Waals surface area contributed by atoms with E-state index in [1.54, 1.807) is 17.8 Å². The summed E-state index contributed by atoms with van der Waals surface area (Å²) in [7, 11) is 1.64. The highest BCUT2D eigenvalue weighted by Crippen LogP contribution is 2.23. The van der Waals surface area contributed by atoms with Crippen LogP contribution < -0.4 is 15.6 Å². The molecule has 28 heavy (non-hydrogen) atoms. The van der Waals surface area contributed by atoms with Crippen LogP contribution in [0.15, 0.2) is 75.6 Å². The molecule has 1 heterocycles. The van der Waals surface area contributed by atoms with Gasteiger partial charge in [0.05, 0.1) is 7.11 Å². The number of benzene rings is 2. The van der Waals surface area contributed by atoms with Gasteiger partial charge in [-0.05, 0) is 35.9 Å². The Bertz CT molecular complexity index is 1020. The zero-order valence-corrected chi connectivity index (χ0v) is 17.7. The van der Waals surface area contributed by atoms with Gasteiger partial charge >= 0.3 is 0 Å². The van der Waals surface area contributed by atoms with E-state index in [2.05, 4.69) is 38.0 Å². The molecule has 0 spiro atoms. The van der Waals surface area contributed by atoms with Gasteiger partial charge in [0.15, 0.2) is 5.16 Å². The van der Waals surface area contributed by atoms with Gasteiger partial charge in [0.25, 0.3) is 5.56 Å². The number of hydrogen-bond acceptors (Lipinski definition) is 6. The predicted molar refractivity (Wildman–Crippen MR) is 116 cm³/mol. The predicted octanol–water partition coefficient (Wildman–Crippen LogP) is 4.63. The van der Waals surface area contributed by atoms with Crippen LogP contribution in [-0.2, 0) is 12.3 Å². The molecule has 0 amide bonds. The number of rotatable bonds is 8. The van der Waals surface area contributed by atoms with Gasteiger partial charge in [0.2, 0.25) is 5.82 Å². The molecule has 0 aliphatic heterocycles. The molecule has 144 valence electrons. The number of halogens is 1. The second-order valence-electron chi connectivity index (χ2n) is 5.81. The van der Waals surface area contributed by atoms with Gasteiger partial charge in [-0.15, -0.1) is 16.8 Å². The lowest BCUT2D eigenvalue weighted by molar-refractivity contribution is 0.414. The fourth-order valence-electron chi connectivity index (χ4n) is 2.45. The summed E-state index contributed by atoms with van der Waals surface area (Å²) >= 11 is 4.86. The van der Waals surface area contributed by atoms with E-state index in [4.69, 9.17) is 4.74 Å². The summed E-state index contributed by atoms with van der Waals surface area (Å²) in [5.41, 5.74) is 1.61. The Morgan fingerprint density at radius 1 is 1.25 bits per heavy atom. The molecule has 6 nitrogen and oxygen atoms in total. The van der Waals surface area contributed by atoms with E-state index in [1.165, 1.54) is 11.8 Å². The molecule has 1 aromatic heterocycles. The lowest BCUT2D eigenvalue weighted by Crippen LogP contribution is -2.26. The minimum Gasteiger partial charge on any atom is -0.497 e. The highest BCUT2D eigenvalue weighted by molar-refractivity contribution is 9.10. The third kappa shape index (κ3) is 5.02. The van der Waals surface area contributed by atoms with E-state index < -0.39 is 0 Å². The van der Waals surface area contributed by atoms with Gasteiger partial charge in [0, 0.05) is 22.5 Å². The fourth-order valence-corrected chi connectivity index (χ4v) is 3.75. The van der Waals surface area contributed by atoms with Crippen LogP contribution in [0.25, 0.3) is 0 Å². The minimum atomic E-state index is -0.243. The molecule has 8 heteroatoms. The monoisotopic (exact) mass is 458 g/mol. The van der Waals surface area contributed by atoms with Crippen molar-refractivity contribution in [2.24, 2.45) is 0 Å². The number of ether oxygens (including phenoxy) is 1. The number of thioether (sulfide) groups is 1. The molecule has 3 rings (SSSR count). The number of nitrogens with zero attached hydrogens (tertiary/aromatic N) is 3. The smallest absolute Gasteiger partial charge is 0.297 e. The first-order valence-electron chi connectivity index (χ1n) is 8.47. The van der Waals surface area contributed by atoms with Gasteiger partial charge in [-0.2, -0.15) is 0 Å². The van der Waals surface area contributed by atoms with Gasteiger partial charge in [-0.1, -0.05) is 52.0 Å². The van der Waals surface area contributed by atoms with Crippen molar-refractivity contribution in [3.8, 4) is 5.75 Å². The summed E-state index contributed by atoms with van der Waals surface area (Å²) in [5, 5.41) is 11.9. The summed E-state index contributed by atoms with van der Waals surface area (Å²) < 4.78 is 7.64. The van der Waals surface area contributed by atoms with Crippen molar-refractivity contribution in [1.29, 1.82) is 0 Å². The van der Waals surface area contributed by atoms with Crippen molar-refractivity contribution in [3.05, 3.63) is 81.6 Å². The molecule has 0 aliphatic rings. The van der Waals surface area contributed by atoms with E-state index in [1.807, 2.05) is 48.5 Å². The van der Waals surface area contributed by atoms with Gasteiger partial charge in [-0.25, -0.2) is 0 Å². The highest BCUT2D eigenvalue weighted by atomic mass is 79.9. The summed E-state index contributed by atoms with van der Waals surface area (Å²) in [4.78, 5) is 12.9. The van der Waals surface area contributed by atoms with Crippen LogP contribution in [0.2, 0.25) is 0 Å². The minimum absolute atomic E-state index is 0.175. The third-order valence-corrected chi connectivity index (χ3v) is 5.37. The first kappa shape index (κ1) is 20.2. The quantitative estimate of drug-likeness (QED) is 0.391. The molecule has 2 aromatic carbocycles. The lowest BCUT2D eigenvalue weighted by Gasteiger charge is -2.12. The first-order valence-corrected chi connectivity index (χ1v) is 10.3. The van der Waals surface area contributed by atoms with Gasteiger partial charge in [-0.3, -0.25) is 9.36 Å².